The molecule has 1 amide bonds. The maximum Gasteiger partial charge on any atom is 0.328 e. The molecule has 31 heavy (non-hydrogen) atoms. The van der Waals surface area contributed by atoms with Gasteiger partial charge in [0.25, 0.3) is 0 Å². The van der Waals surface area contributed by atoms with Crippen molar-refractivity contribution < 1.29 is 24.2 Å². The first kappa shape index (κ1) is 29.4. The van der Waals surface area contributed by atoms with E-state index in [0.29, 0.717) is 12.8 Å². The smallest absolute Gasteiger partial charge is 0.328 e. The lowest BCUT2D eigenvalue weighted by atomic mass is 10.0. The highest BCUT2D eigenvalue weighted by atomic mass is 16.5. The minimum absolute atomic E-state index is 0.0505. The second-order valence-electron chi connectivity index (χ2n) is 8.70. The fraction of sp³-hybridized carbons (Fsp3) is 0.880. The van der Waals surface area contributed by atoms with E-state index in [2.05, 4.69) is 12.2 Å². The molecule has 0 rings (SSSR count). The molecule has 0 bridgehead atoms. The van der Waals surface area contributed by atoms with Crippen molar-refractivity contribution in [2.75, 3.05) is 0 Å². The molecule has 0 aromatic rings. The minimum Gasteiger partial charge on any atom is -0.481 e. The summed E-state index contributed by atoms with van der Waals surface area (Å²) in [6.07, 6.45) is 16.8. The van der Waals surface area contributed by atoms with Crippen LogP contribution in [0.15, 0.2) is 0 Å². The Kier molecular flexibility index (Phi) is 19.3. The number of nitrogens with one attached hydrogen (secondary N) is 1. The van der Waals surface area contributed by atoms with Crippen LogP contribution in [0.2, 0.25) is 0 Å². The average molecular weight is 442 g/mol. The number of aliphatic carboxylic acids is 1. The van der Waals surface area contributed by atoms with Gasteiger partial charge in [0.15, 0.2) is 0 Å². The van der Waals surface area contributed by atoms with Gasteiger partial charge in [-0.3, -0.25) is 9.59 Å². The lowest BCUT2D eigenvalue weighted by Gasteiger charge is -2.19. The molecule has 0 fully saturated rings. The third-order valence-corrected chi connectivity index (χ3v) is 5.67. The second kappa shape index (κ2) is 20.3. The number of carbonyl (C=O) groups excluding carboxylic acids is 2. The van der Waals surface area contributed by atoms with E-state index in [-0.39, 0.29) is 24.9 Å². The Labute approximate surface area is 189 Å². The molecule has 0 aliphatic carbocycles. The molecular weight excluding hydrogens is 394 g/mol. The van der Waals surface area contributed by atoms with E-state index >= 15 is 0 Å². The molecule has 0 radical (unpaired) electrons. The number of carboxylic acid groups (broad SMARTS) is 1. The molecule has 0 saturated heterocycles. The molecule has 2 N–H and O–H groups in total. The lowest BCUT2D eigenvalue weighted by molar-refractivity contribution is -0.153. The molecule has 0 heterocycles. The summed E-state index contributed by atoms with van der Waals surface area (Å²) in [6.45, 7) is 5.93. The number of ether oxygens (including phenoxy) is 1. The fourth-order valence-corrected chi connectivity index (χ4v) is 3.45. The number of hydrogen-bond donors (Lipinski definition) is 2. The zero-order chi connectivity index (χ0) is 23.3. The van der Waals surface area contributed by atoms with Gasteiger partial charge in [-0.1, -0.05) is 90.9 Å². The molecule has 0 aliphatic rings. The van der Waals surface area contributed by atoms with Crippen LogP contribution < -0.4 is 5.32 Å². The maximum absolute atomic E-state index is 12.2. The zero-order valence-electron chi connectivity index (χ0n) is 20.3. The SMILES string of the molecule is CCCCCCCCCCCCCCCC(=O)N[C@@H](CCC(=O)O)C(=O)OC(C)CC. The van der Waals surface area contributed by atoms with Crippen LogP contribution in [-0.2, 0) is 19.1 Å². The van der Waals surface area contributed by atoms with Gasteiger partial charge in [-0.2, -0.15) is 0 Å². The van der Waals surface area contributed by atoms with E-state index in [1.54, 1.807) is 6.92 Å². The first-order valence-corrected chi connectivity index (χ1v) is 12.6. The van der Waals surface area contributed by atoms with Crippen LogP contribution in [0.5, 0.6) is 0 Å². The highest BCUT2D eigenvalue weighted by molar-refractivity contribution is 5.84. The standard InChI is InChI=1S/C25H47NO5/c1-4-6-7-8-9-10-11-12-13-14-15-16-17-18-23(27)26-22(19-20-24(28)29)25(30)31-21(3)5-2/h21-22H,4-20H2,1-3H3,(H,26,27)(H,28,29)/t21?,22-/m0/s1. The van der Waals surface area contributed by atoms with Crippen molar-refractivity contribution >= 4 is 17.8 Å². The Hall–Kier alpha value is -1.59. The fourth-order valence-electron chi connectivity index (χ4n) is 3.45. The topological polar surface area (TPSA) is 92.7 Å². The van der Waals surface area contributed by atoms with E-state index in [1.807, 2.05) is 6.92 Å². The average Bonchev–Trinajstić information content (AvgIpc) is 2.73. The predicted molar refractivity (Wildman–Crippen MR) is 125 cm³/mol. The number of esters is 1. The Morgan fingerprint density at radius 2 is 1.26 bits per heavy atom. The maximum atomic E-state index is 12.2. The normalized spacial score (nSPS) is 12.9. The van der Waals surface area contributed by atoms with Crippen LogP contribution in [0.4, 0.5) is 0 Å². The van der Waals surface area contributed by atoms with Gasteiger partial charge in [0.05, 0.1) is 6.10 Å². The van der Waals surface area contributed by atoms with Gasteiger partial charge in [-0.25, -0.2) is 4.79 Å². The largest absolute Gasteiger partial charge is 0.481 e. The summed E-state index contributed by atoms with van der Waals surface area (Å²) in [5.74, 6) is -1.75. The number of amides is 1. The van der Waals surface area contributed by atoms with Crippen LogP contribution in [0.3, 0.4) is 0 Å². The molecular formula is C25H47NO5. The van der Waals surface area contributed by atoms with E-state index in [1.165, 1.54) is 64.2 Å². The number of unbranched alkanes of at least 4 members (excludes halogenated alkanes) is 12. The molecule has 0 aliphatic heterocycles. The third-order valence-electron chi connectivity index (χ3n) is 5.67. The van der Waals surface area contributed by atoms with Crippen LogP contribution in [0.1, 0.15) is 130 Å². The Morgan fingerprint density at radius 3 is 1.71 bits per heavy atom. The van der Waals surface area contributed by atoms with Crippen LogP contribution in [0.25, 0.3) is 0 Å². The molecule has 0 saturated carbocycles. The number of rotatable bonds is 21. The molecule has 6 nitrogen and oxygen atoms in total. The Morgan fingerprint density at radius 1 is 0.774 bits per heavy atom. The van der Waals surface area contributed by atoms with Gasteiger partial charge in [0, 0.05) is 12.8 Å². The molecule has 2 atom stereocenters. The summed E-state index contributed by atoms with van der Waals surface area (Å²) in [6, 6.07) is -0.889. The van der Waals surface area contributed by atoms with Gasteiger partial charge in [-0.05, 0) is 26.2 Å². The molecule has 6 heteroatoms. The minimum atomic E-state index is -0.993. The summed E-state index contributed by atoms with van der Waals surface area (Å²) in [4.78, 5) is 35.2. The zero-order valence-corrected chi connectivity index (χ0v) is 20.3. The molecule has 1 unspecified atom stereocenters. The summed E-state index contributed by atoms with van der Waals surface area (Å²) < 4.78 is 5.27. The third kappa shape index (κ3) is 18.9. The molecule has 182 valence electrons. The van der Waals surface area contributed by atoms with Gasteiger partial charge in [-0.15, -0.1) is 0 Å². The molecule has 0 aromatic carbocycles. The van der Waals surface area contributed by atoms with Crippen LogP contribution >= 0.6 is 0 Å². The van der Waals surface area contributed by atoms with Crippen molar-refractivity contribution in [3.05, 3.63) is 0 Å². The van der Waals surface area contributed by atoms with Crippen molar-refractivity contribution in [2.24, 2.45) is 0 Å². The summed E-state index contributed by atoms with van der Waals surface area (Å²) in [5, 5.41) is 11.5. The number of hydrogen-bond acceptors (Lipinski definition) is 4. The van der Waals surface area contributed by atoms with E-state index < -0.39 is 18.0 Å². The monoisotopic (exact) mass is 441 g/mol. The van der Waals surface area contributed by atoms with Gasteiger partial charge >= 0.3 is 11.9 Å². The quantitative estimate of drug-likeness (QED) is 0.164. The van der Waals surface area contributed by atoms with Gasteiger partial charge < -0.3 is 15.2 Å². The van der Waals surface area contributed by atoms with Crippen molar-refractivity contribution in [1.82, 2.24) is 5.32 Å². The van der Waals surface area contributed by atoms with E-state index in [9.17, 15) is 14.4 Å². The molecule has 0 aromatic heterocycles. The Balaban J connectivity index is 3.87. The highest BCUT2D eigenvalue weighted by Crippen LogP contribution is 2.13. The van der Waals surface area contributed by atoms with Crippen LogP contribution in [-0.4, -0.2) is 35.1 Å². The molecule has 0 spiro atoms. The van der Waals surface area contributed by atoms with Crippen molar-refractivity contribution in [3.63, 3.8) is 0 Å². The first-order valence-electron chi connectivity index (χ1n) is 12.6. The van der Waals surface area contributed by atoms with E-state index in [0.717, 1.165) is 19.3 Å². The number of carbonyl (C=O) groups is 3. The lowest BCUT2D eigenvalue weighted by Crippen LogP contribution is -2.43. The first-order chi connectivity index (χ1) is 14.9. The summed E-state index contributed by atoms with van der Waals surface area (Å²) in [7, 11) is 0. The van der Waals surface area contributed by atoms with Gasteiger partial charge in [0.2, 0.25) is 5.91 Å². The van der Waals surface area contributed by atoms with Gasteiger partial charge in [0.1, 0.15) is 6.04 Å². The van der Waals surface area contributed by atoms with Crippen molar-refractivity contribution in [1.29, 1.82) is 0 Å². The summed E-state index contributed by atoms with van der Waals surface area (Å²) in [5.41, 5.74) is 0. The van der Waals surface area contributed by atoms with Crippen molar-refractivity contribution in [2.45, 2.75) is 142 Å². The van der Waals surface area contributed by atoms with Crippen molar-refractivity contribution in [3.8, 4) is 0 Å². The van der Waals surface area contributed by atoms with E-state index in [4.69, 9.17) is 9.84 Å². The number of carboxylic acids is 1. The summed E-state index contributed by atoms with van der Waals surface area (Å²) >= 11 is 0. The second-order valence-corrected chi connectivity index (χ2v) is 8.70. The van der Waals surface area contributed by atoms with Crippen LogP contribution in [0, 0.1) is 0 Å². The predicted octanol–water partition coefficient (Wildman–Crippen LogP) is 6.16. The Bertz CT molecular complexity index is 481. The highest BCUT2D eigenvalue weighted by Gasteiger charge is 2.24.